The number of carbonyl (C=O) groups excluding carboxylic acids is 1. The number of benzene rings is 1. The average molecular weight is 232 g/mol. The van der Waals surface area contributed by atoms with Crippen molar-refractivity contribution in [2.45, 2.75) is 30.2 Å². The molecule has 1 aliphatic rings. The molecule has 3 rings (SSSR count). The summed E-state index contributed by atoms with van der Waals surface area (Å²) in [5.41, 5.74) is 1.85. The van der Waals surface area contributed by atoms with E-state index in [1.54, 1.807) is 16.3 Å². The minimum absolute atomic E-state index is 0.0668. The molecule has 1 unspecified atom stereocenters. The molecule has 1 aromatic heterocycles. The summed E-state index contributed by atoms with van der Waals surface area (Å²) in [7, 11) is 0. The van der Waals surface area contributed by atoms with Crippen LogP contribution in [-0.2, 0) is 0 Å². The zero-order chi connectivity index (χ0) is 11.1. The molecule has 2 aromatic rings. The molecule has 1 aromatic carbocycles. The van der Waals surface area contributed by atoms with Crippen molar-refractivity contribution < 1.29 is 4.79 Å². The van der Waals surface area contributed by atoms with E-state index in [0.717, 1.165) is 29.0 Å². The van der Waals surface area contributed by atoms with Crippen LogP contribution in [0.25, 0.3) is 11.0 Å². The SMILES string of the molecule is CCCC1Sc2nc3ccccc3n2C1=O. The molecule has 0 radical (unpaired) electrons. The Labute approximate surface area is 97.9 Å². The second-order valence-corrected chi connectivity index (χ2v) is 5.12. The first-order valence-corrected chi connectivity index (χ1v) is 6.37. The third kappa shape index (κ3) is 1.29. The van der Waals surface area contributed by atoms with Crippen LogP contribution in [0.4, 0.5) is 0 Å². The summed E-state index contributed by atoms with van der Waals surface area (Å²) >= 11 is 1.60. The van der Waals surface area contributed by atoms with E-state index in [2.05, 4.69) is 11.9 Å². The maximum Gasteiger partial charge on any atom is 0.246 e. The predicted octanol–water partition coefficient (Wildman–Crippen LogP) is 2.95. The fourth-order valence-electron chi connectivity index (χ4n) is 2.06. The summed E-state index contributed by atoms with van der Waals surface area (Å²) < 4.78 is 1.76. The minimum Gasteiger partial charge on any atom is -0.273 e. The highest BCUT2D eigenvalue weighted by Crippen LogP contribution is 2.36. The van der Waals surface area contributed by atoms with Gasteiger partial charge in [0.15, 0.2) is 5.16 Å². The van der Waals surface area contributed by atoms with Crippen LogP contribution in [0.5, 0.6) is 0 Å². The molecule has 0 N–H and O–H groups in total. The van der Waals surface area contributed by atoms with Gasteiger partial charge in [-0.15, -0.1) is 0 Å². The molecule has 3 nitrogen and oxygen atoms in total. The van der Waals surface area contributed by atoms with E-state index in [1.807, 2.05) is 24.3 Å². The topological polar surface area (TPSA) is 34.9 Å². The van der Waals surface area contributed by atoms with E-state index >= 15 is 0 Å². The zero-order valence-electron chi connectivity index (χ0n) is 9.01. The van der Waals surface area contributed by atoms with Gasteiger partial charge in [0.05, 0.1) is 16.3 Å². The van der Waals surface area contributed by atoms with Crippen LogP contribution in [0, 0.1) is 0 Å². The molecule has 0 saturated heterocycles. The lowest BCUT2D eigenvalue weighted by molar-refractivity contribution is 0.0912. The Morgan fingerprint density at radius 2 is 2.25 bits per heavy atom. The van der Waals surface area contributed by atoms with E-state index < -0.39 is 0 Å². The van der Waals surface area contributed by atoms with Gasteiger partial charge in [-0.25, -0.2) is 4.98 Å². The summed E-state index contributed by atoms with van der Waals surface area (Å²) in [6.07, 6.45) is 1.97. The fraction of sp³-hybridized carbons (Fsp3) is 0.333. The molecule has 82 valence electrons. The van der Waals surface area contributed by atoms with Gasteiger partial charge in [0.2, 0.25) is 5.91 Å². The van der Waals surface area contributed by atoms with Crippen LogP contribution >= 0.6 is 11.8 Å². The smallest absolute Gasteiger partial charge is 0.246 e. The number of imidazole rings is 1. The van der Waals surface area contributed by atoms with Crippen molar-refractivity contribution in [3.8, 4) is 0 Å². The maximum absolute atomic E-state index is 12.2. The number of carbonyl (C=O) groups is 1. The molecular weight excluding hydrogens is 220 g/mol. The molecule has 4 heteroatoms. The maximum atomic E-state index is 12.2. The van der Waals surface area contributed by atoms with Crippen LogP contribution in [0.2, 0.25) is 0 Å². The number of hydrogen-bond donors (Lipinski definition) is 0. The molecule has 0 saturated carbocycles. The molecule has 2 heterocycles. The van der Waals surface area contributed by atoms with Gasteiger partial charge < -0.3 is 0 Å². The first-order chi connectivity index (χ1) is 7.81. The predicted molar refractivity (Wildman–Crippen MR) is 64.9 cm³/mol. The summed E-state index contributed by atoms with van der Waals surface area (Å²) in [4.78, 5) is 16.6. The van der Waals surface area contributed by atoms with E-state index in [9.17, 15) is 4.79 Å². The monoisotopic (exact) mass is 232 g/mol. The molecule has 1 atom stereocenters. The van der Waals surface area contributed by atoms with Crippen molar-refractivity contribution in [3.63, 3.8) is 0 Å². The lowest BCUT2D eigenvalue weighted by Gasteiger charge is -2.04. The molecule has 0 spiro atoms. The molecule has 0 bridgehead atoms. The largest absolute Gasteiger partial charge is 0.273 e. The summed E-state index contributed by atoms with van der Waals surface area (Å²) in [6, 6.07) is 7.80. The standard InChI is InChI=1S/C12H12N2OS/c1-2-5-10-11(15)14-9-7-4-3-6-8(9)13-12(14)16-10/h3-4,6-7,10H,2,5H2,1H3. The molecule has 0 fully saturated rings. The van der Waals surface area contributed by atoms with E-state index in [4.69, 9.17) is 0 Å². The number of aromatic nitrogens is 2. The van der Waals surface area contributed by atoms with Crippen molar-refractivity contribution in [1.82, 2.24) is 9.55 Å². The highest BCUT2D eigenvalue weighted by atomic mass is 32.2. The van der Waals surface area contributed by atoms with Crippen LogP contribution < -0.4 is 0 Å². The Kier molecular flexibility index (Phi) is 2.24. The summed E-state index contributed by atoms with van der Waals surface area (Å²) in [6.45, 7) is 2.10. The Bertz CT molecular complexity index is 561. The third-order valence-electron chi connectivity index (χ3n) is 2.82. The number of para-hydroxylation sites is 2. The third-order valence-corrected chi connectivity index (χ3v) is 4.03. The van der Waals surface area contributed by atoms with Gasteiger partial charge in [-0.3, -0.25) is 9.36 Å². The van der Waals surface area contributed by atoms with E-state index in [0.29, 0.717) is 0 Å². The molecule has 0 aliphatic carbocycles. The molecular formula is C12H12N2OS. The molecule has 1 aliphatic heterocycles. The Hall–Kier alpha value is -1.29. The lowest BCUT2D eigenvalue weighted by Crippen LogP contribution is -2.17. The van der Waals surface area contributed by atoms with Crippen LogP contribution in [0.1, 0.15) is 24.6 Å². The molecule has 0 amide bonds. The number of thioether (sulfide) groups is 1. The number of nitrogens with zero attached hydrogens (tertiary/aromatic N) is 2. The van der Waals surface area contributed by atoms with Crippen molar-refractivity contribution in [1.29, 1.82) is 0 Å². The average Bonchev–Trinajstić information content (AvgIpc) is 2.78. The van der Waals surface area contributed by atoms with Crippen molar-refractivity contribution in [3.05, 3.63) is 24.3 Å². The van der Waals surface area contributed by atoms with Crippen molar-refractivity contribution in [2.24, 2.45) is 0 Å². The Balaban J connectivity index is 2.12. The first kappa shape index (κ1) is 9.90. The van der Waals surface area contributed by atoms with Gasteiger partial charge >= 0.3 is 0 Å². The van der Waals surface area contributed by atoms with Gasteiger partial charge in [-0.2, -0.15) is 0 Å². The number of hydrogen-bond acceptors (Lipinski definition) is 3. The van der Waals surface area contributed by atoms with Crippen LogP contribution in [-0.4, -0.2) is 20.7 Å². The highest BCUT2D eigenvalue weighted by Gasteiger charge is 2.33. The van der Waals surface area contributed by atoms with Crippen molar-refractivity contribution in [2.75, 3.05) is 0 Å². The van der Waals surface area contributed by atoms with Gasteiger partial charge in [0.25, 0.3) is 0 Å². The minimum atomic E-state index is 0.0668. The first-order valence-electron chi connectivity index (χ1n) is 5.49. The fourth-order valence-corrected chi connectivity index (χ4v) is 3.32. The van der Waals surface area contributed by atoms with Crippen LogP contribution in [0.15, 0.2) is 29.4 Å². The summed E-state index contributed by atoms with van der Waals surface area (Å²) in [5.74, 6) is 0.190. The van der Waals surface area contributed by atoms with E-state index in [-0.39, 0.29) is 11.2 Å². The number of rotatable bonds is 2. The summed E-state index contributed by atoms with van der Waals surface area (Å²) in [5, 5.41) is 0.918. The quantitative estimate of drug-likeness (QED) is 0.798. The van der Waals surface area contributed by atoms with Crippen LogP contribution in [0.3, 0.4) is 0 Å². The zero-order valence-corrected chi connectivity index (χ0v) is 9.83. The van der Waals surface area contributed by atoms with Gasteiger partial charge in [-0.05, 0) is 18.6 Å². The van der Waals surface area contributed by atoms with Gasteiger partial charge in [-0.1, -0.05) is 37.2 Å². The second kappa shape index (κ2) is 3.63. The van der Waals surface area contributed by atoms with Gasteiger partial charge in [0.1, 0.15) is 0 Å². The van der Waals surface area contributed by atoms with Gasteiger partial charge in [0, 0.05) is 0 Å². The molecule has 16 heavy (non-hydrogen) atoms. The normalized spacial score (nSPS) is 19.3. The highest BCUT2D eigenvalue weighted by molar-refractivity contribution is 8.00. The Morgan fingerprint density at radius 1 is 1.44 bits per heavy atom. The Morgan fingerprint density at radius 3 is 3.06 bits per heavy atom. The number of fused-ring (bicyclic) bond motifs is 3. The lowest BCUT2D eigenvalue weighted by atomic mass is 10.2. The second-order valence-electron chi connectivity index (χ2n) is 3.95. The van der Waals surface area contributed by atoms with E-state index in [1.165, 1.54) is 0 Å². The van der Waals surface area contributed by atoms with Crippen molar-refractivity contribution >= 4 is 28.7 Å².